The number of nitrogen functional groups attached to an aromatic ring is 1. The highest BCUT2D eigenvalue weighted by molar-refractivity contribution is 6.29. The molecule has 1 spiro atoms. The number of nitrogens with two attached hydrogens (primary N) is 1. The monoisotopic (exact) mass is 562 g/mol. The molecule has 40 heavy (non-hydrogen) atoms. The van der Waals surface area contributed by atoms with Crippen molar-refractivity contribution in [1.29, 1.82) is 0 Å². The molecule has 9 nitrogen and oxygen atoms in total. The molecule has 1 amide bonds. The number of rotatable bonds is 6. The van der Waals surface area contributed by atoms with Crippen LogP contribution >= 0.6 is 11.6 Å². The van der Waals surface area contributed by atoms with Crippen LogP contribution in [0.3, 0.4) is 0 Å². The van der Waals surface area contributed by atoms with Crippen LogP contribution in [0.4, 0.5) is 22.0 Å². The van der Waals surface area contributed by atoms with Crippen LogP contribution in [-0.4, -0.2) is 65.6 Å². The predicted molar refractivity (Wildman–Crippen MR) is 156 cm³/mol. The van der Waals surface area contributed by atoms with Crippen LogP contribution in [0.15, 0.2) is 60.7 Å². The largest absolute Gasteiger partial charge is 0.490 e. The Balaban J connectivity index is 1.05. The lowest BCUT2D eigenvalue weighted by molar-refractivity contribution is 0.0638. The van der Waals surface area contributed by atoms with E-state index in [9.17, 15) is 4.79 Å². The van der Waals surface area contributed by atoms with Crippen molar-refractivity contribution >= 4 is 34.9 Å². The summed E-state index contributed by atoms with van der Waals surface area (Å²) in [6.07, 6.45) is 4.81. The SMILES string of the molecule is Nc1nnc(Cl)cc1N1CCN(c2cccc(OC3CCN(C(=O)OCc4ccccc4)CC3)c2)C2(CCC2)C1. The standard InChI is InChI=1S/C30H35ClN6O3/c31-27-19-26(28(32)34-33-27)36-16-17-37(30(21-36)12-5-13-30)23-8-4-9-25(18-23)40-24-10-14-35(15-11-24)29(38)39-20-22-6-2-1-3-7-22/h1-4,6-9,18-19,24H,5,10-17,20-21H2,(H2,32,34). The van der Waals surface area contributed by atoms with E-state index in [1.807, 2.05) is 42.5 Å². The van der Waals surface area contributed by atoms with Crippen LogP contribution < -0.4 is 20.3 Å². The van der Waals surface area contributed by atoms with Crippen LogP contribution in [0.5, 0.6) is 5.75 Å². The van der Waals surface area contributed by atoms with E-state index in [0.29, 0.717) is 30.7 Å². The number of aromatic nitrogens is 2. The van der Waals surface area contributed by atoms with E-state index in [0.717, 1.165) is 62.3 Å². The summed E-state index contributed by atoms with van der Waals surface area (Å²) in [5.41, 5.74) is 9.23. The number of piperidine rings is 1. The summed E-state index contributed by atoms with van der Waals surface area (Å²) >= 11 is 6.13. The second-order valence-electron chi connectivity index (χ2n) is 10.9. The number of hydrogen-bond acceptors (Lipinski definition) is 8. The van der Waals surface area contributed by atoms with E-state index < -0.39 is 0 Å². The molecule has 2 saturated heterocycles. The summed E-state index contributed by atoms with van der Waals surface area (Å²) in [6, 6.07) is 20.0. The smallest absolute Gasteiger partial charge is 0.410 e. The Bertz CT molecular complexity index is 1330. The van der Waals surface area contributed by atoms with Crippen molar-refractivity contribution in [3.05, 3.63) is 71.4 Å². The lowest BCUT2D eigenvalue weighted by Gasteiger charge is -2.57. The van der Waals surface area contributed by atoms with Gasteiger partial charge in [0.15, 0.2) is 11.0 Å². The van der Waals surface area contributed by atoms with E-state index in [1.54, 1.807) is 4.90 Å². The second-order valence-corrected chi connectivity index (χ2v) is 11.3. The summed E-state index contributed by atoms with van der Waals surface area (Å²) in [5, 5.41) is 8.25. The van der Waals surface area contributed by atoms with Gasteiger partial charge in [-0.25, -0.2) is 4.79 Å². The van der Waals surface area contributed by atoms with Gasteiger partial charge in [0.05, 0.1) is 11.2 Å². The average Bonchev–Trinajstić information content (AvgIpc) is 2.97. The third-order valence-corrected chi connectivity index (χ3v) is 8.57. The van der Waals surface area contributed by atoms with Crippen molar-refractivity contribution in [2.75, 3.05) is 48.3 Å². The number of likely N-dealkylation sites (tertiary alicyclic amines) is 1. The molecule has 2 N–H and O–H groups in total. The number of hydrogen-bond donors (Lipinski definition) is 1. The van der Waals surface area contributed by atoms with Crippen molar-refractivity contribution in [2.45, 2.75) is 50.4 Å². The van der Waals surface area contributed by atoms with E-state index in [-0.39, 0.29) is 17.7 Å². The number of benzene rings is 2. The first-order valence-corrected chi connectivity index (χ1v) is 14.4. The minimum absolute atomic E-state index is 0.0461. The van der Waals surface area contributed by atoms with Crippen LogP contribution in [0.25, 0.3) is 0 Å². The first-order valence-electron chi connectivity index (χ1n) is 14.0. The Labute approximate surface area is 239 Å². The molecule has 10 heteroatoms. The first-order chi connectivity index (χ1) is 19.5. The average molecular weight is 563 g/mol. The van der Waals surface area contributed by atoms with Crippen molar-refractivity contribution in [3.63, 3.8) is 0 Å². The van der Waals surface area contributed by atoms with Crippen molar-refractivity contribution in [1.82, 2.24) is 15.1 Å². The Kier molecular flexibility index (Phi) is 7.56. The number of halogens is 1. The molecule has 3 aromatic rings. The maximum absolute atomic E-state index is 12.5. The third kappa shape index (κ3) is 5.61. The highest BCUT2D eigenvalue weighted by Crippen LogP contribution is 2.45. The third-order valence-electron chi connectivity index (χ3n) is 8.39. The fourth-order valence-corrected chi connectivity index (χ4v) is 6.25. The van der Waals surface area contributed by atoms with Crippen molar-refractivity contribution < 1.29 is 14.3 Å². The zero-order chi connectivity index (χ0) is 27.5. The zero-order valence-corrected chi connectivity index (χ0v) is 23.3. The molecule has 1 saturated carbocycles. The summed E-state index contributed by atoms with van der Waals surface area (Å²) in [6.45, 7) is 4.09. The molecule has 3 aliphatic rings. The number of nitrogens with zero attached hydrogens (tertiary/aromatic N) is 5. The van der Waals surface area contributed by atoms with Gasteiger partial charge in [0.1, 0.15) is 18.5 Å². The number of carbonyl (C=O) groups is 1. The van der Waals surface area contributed by atoms with Crippen LogP contribution in [0.1, 0.15) is 37.7 Å². The van der Waals surface area contributed by atoms with Gasteiger partial charge in [-0.3, -0.25) is 0 Å². The van der Waals surface area contributed by atoms with Gasteiger partial charge < -0.3 is 29.9 Å². The maximum Gasteiger partial charge on any atom is 0.410 e. The van der Waals surface area contributed by atoms with Crippen molar-refractivity contribution in [3.8, 4) is 5.75 Å². The molecule has 0 bridgehead atoms. The fourth-order valence-electron chi connectivity index (χ4n) is 6.10. The topological polar surface area (TPSA) is 97.0 Å². The molecule has 0 atom stereocenters. The Hall–Kier alpha value is -3.72. The lowest BCUT2D eigenvalue weighted by atomic mass is 9.73. The summed E-state index contributed by atoms with van der Waals surface area (Å²) in [7, 11) is 0. The molecule has 1 aromatic heterocycles. The lowest BCUT2D eigenvalue weighted by Crippen LogP contribution is -2.66. The fraction of sp³-hybridized carbons (Fsp3) is 0.433. The predicted octanol–water partition coefficient (Wildman–Crippen LogP) is 5.14. The Morgan fingerprint density at radius 2 is 1.80 bits per heavy atom. The minimum Gasteiger partial charge on any atom is -0.490 e. The molecule has 1 aliphatic carbocycles. The number of amides is 1. The quantitative estimate of drug-likeness (QED) is 0.441. The van der Waals surface area contributed by atoms with E-state index in [2.05, 4.69) is 38.2 Å². The molecule has 0 radical (unpaired) electrons. The first kappa shape index (κ1) is 26.5. The Morgan fingerprint density at radius 1 is 1.00 bits per heavy atom. The molecule has 210 valence electrons. The maximum atomic E-state index is 12.5. The summed E-state index contributed by atoms with van der Waals surface area (Å²) in [4.78, 5) is 19.1. The van der Waals surface area contributed by atoms with Gasteiger partial charge in [0.2, 0.25) is 0 Å². The highest BCUT2D eigenvalue weighted by atomic mass is 35.5. The number of piperazine rings is 1. The molecule has 2 aliphatic heterocycles. The van der Waals surface area contributed by atoms with Gasteiger partial charge >= 0.3 is 6.09 Å². The molecule has 6 rings (SSSR count). The molecular formula is C30H35ClN6O3. The summed E-state index contributed by atoms with van der Waals surface area (Å²) < 4.78 is 11.9. The van der Waals surface area contributed by atoms with E-state index in [4.69, 9.17) is 26.8 Å². The van der Waals surface area contributed by atoms with Gasteiger partial charge in [-0.2, -0.15) is 0 Å². The van der Waals surface area contributed by atoms with E-state index in [1.165, 1.54) is 12.1 Å². The van der Waals surface area contributed by atoms with Crippen LogP contribution in [0, 0.1) is 0 Å². The molecule has 2 aromatic carbocycles. The molecule has 3 heterocycles. The molecular weight excluding hydrogens is 528 g/mol. The molecule has 0 unspecified atom stereocenters. The highest BCUT2D eigenvalue weighted by Gasteiger charge is 2.47. The van der Waals surface area contributed by atoms with Gasteiger partial charge in [-0.15, -0.1) is 10.2 Å². The second kappa shape index (κ2) is 11.4. The van der Waals surface area contributed by atoms with Gasteiger partial charge in [0, 0.05) is 63.4 Å². The minimum atomic E-state index is -0.263. The Morgan fingerprint density at radius 3 is 2.55 bits per heavy atom. The van der Waals surface area contributed by atoms with Gasteiger partial charge in [0.25, 0.3) is 0 Å². The van der Waals surface area contributed by atoms with Crippen LogP contribution in [-0.2, 0) is 11.3 Å². The number of anilines is 3. The number of carbonyl (C=O) groups excluding carboxylic acids is 1. The van der Waals surface area contributed by atoms with Gasteiger partial charge in [-0.1, -0.05) is 48.0 Å². The van der Waals surface area contributed by atoms with Crippen molar-refractivity contribution in [2.24, 2.45) is 0 Å². The zero-order valence-electron chi connectivity index (χ0n) is 22.5. The molecule has 3 fully saturated rings. The normalized spacial score (nSPS) is 18.9. The van der Waals surface area contributed by atoms with Crippen LogP contribution in [0.2, 0.25) is 5.15 Å². The number of ether oxygens (including phenoxy) is 2. The van der Waals surface area contributed by atoms with Gasteiger partial charge in [-0.05, 0) is 37.0 Å². The summed E-state index contributed by atoms with van der Waals surface area (Å²) in [5.74, 6) is 1.28. The van der Waals surface area contributed by atoms with E-state index >= 15 is 0 Å².